The molecule has 26 unspecified atom stereocenters. The number of methoxy groups -OCH3 is 1. The van der Waals surface area contributed by atoms with Gasteiger partial charge in [-0.3, -0.25) is 9.59 Å². The van der Waals surface area contributed by atoms with Crippen LogP contribution in [0.25, 0.3) is 0 Å². The van der Waals surface area contributed by atoms with Crippen LogP contribution in [0, 0.1) is 159 Å². The number of aliphatic carboxylic acids is 1. The van der Waals surface area contributed by atoms with E-state index in [0.29, 0.717) is 17.3 Å². The van der Waals surface area contributed by atoms with Crippen molar-refractivity contribution >= 4 is 11.9 Å². The van der Waals surface area contributed by atoms with Crippen molar-refractivity contribution in [3.8, 4) is 0 Å². The minimum Gasteiger partial charge on any atom is -0.481 e. The van der Waals surface area contributed by atoms with E-state index in [-0.39, 0.29) is 17.3 Å². The van der Waals surface area contributed by atoms with Gasteiger partial charge >= 0.3 is 11.9 Å². The van der Waals surface area contributed by atoms with Crippen molar-refractivity contribution < 1.29 is 19.4 Å². The Hall–Kier alpha value is -1.06. The topological polar surface area (TPSA) is 63.6 Å². The second-order valence-corrected chi connectivity index (χ2v) is 23.7. The summed E-state index contributed by atoms with van der Waals surface area (Å²) in [7, 11) is 1.56. The number of rotatable bonds is 2. The minimum absolute atomic E-state index is 0.00288. The molecule has 12 rings (SSSR count). The molecule has 26 atom stereocenters. The van der Waals surface area contributed by atoms with Crippen molar-refractivity contribution in [2.75, 3.05) is 7.11 Å². The Morgan fingerprint density at radius 3 is 1.42 bits per heavy atom. The van der Waals surface area contributed by atoms with E-state index in [4.69, 9.17) is 4.74 Å². The summed E-state index contributed by atoms with van der Waals surface area (Å²) < 4.78 is 5.13. The molecule has 0 radical (unpaired) electrons. The van der Waals surface area contributed by atoms with E-state index < -0.39 is 5.97 Å². The van der Waals surface area contributed by atoms with E-state index in [0.717, 1.165) is 143 Å². The second-order valence-electron chi connectivity index (χ2n) is 23.7. The summed E-state index contributed by atoms with van der Waals surface area (Å²) in [6.45, 7) is 22.1. The molecule has 0 saturated heterocycles. The van der Waals surface area contributed by atoms with Crippen molar-refractivity contribution in [2.45, 2.75) is 120 Å². The molecule has 1 N–H and O–H groups in total. The number of hydrogen-bond acceptors (Lipinski definition) is 3. The van der Waals surface area contributed by atoms with Gasteiger partial charge < -0.3 is 9.84 Å². The van der Waals surface area contributed by atoms with Gasteiger partial charge in [0.05, 0.1) is 18.4 Å². The zero-order valence-electron chi connectivity index (χ0n) is 34.5. The van der Waals surface area contributed by atoms with E-state index in [2.05, 4.69) is 62.3 Å². The number of esters is 1. The number of carboxylic acid groups (broad SMARTS) is 1. The monoisotopic (exact) mass is 715 g/mol. The number of carbonyl (C=O) groups is 2. The molecule has 4 heteroatoms. The summed E-state index contributed by atoms with van der Waals surface area (Å²) in [5.74, 6) is 21.7. The average Bonchev–Trinajstić information content (AvgIpc) is 3.93. The first-order valence-electron chi connectivity index (χ1n) is 22.9. The highest BCUT2D eigenvalue weighted by Crippen LogP contribution is 2.76. The zero-order chi connectivity index (χ0) is 36.7. The van der Waals surface area contributed by atoms with Gasteiger partial charge in [0.25, 0.3) is 0 Å². The van der Waals surface area contributed by atoms with Crippen LogP contribution in [0.1, 0.15) is 120 Å². The lowest BCUT2D eigenvalue weighted by molar-refractivity contribution is -0.158. The van der Waals surface area contributed by atoms with Gasteiger partial charge in [-0.2, -0.15) is 0 Å². The molecule has 12 aliphatic carbocycles. The molecule has 52 heavy (non-hydrogen) atoms. The number of hydrogen-bond donors (Lipinski definition) is 1. The lowest BCUT2D eigenvalue weighted by atomic mass is 9.58. The van der Waals surface area contributed by atoms with Crippen LogP contribution in [0.2, 0.25) is 0 Å². The fourth-order valence-electron chi connectivity index (χ4n) is 20.4. The molecule has 0 heterocycles. The van der Waals surface area contributed by atoms with Gasteiger partial charge in [0.1, 0.15) is 0 Å². The van der Waals surface area contributed by atoms with E-state index in [1.54, 1.807) is 26.4 Å². The largest absolute Gasteiger partial charge is 0.481 e. The summed E-state index contributed by atoms with van der Waals surface area (Å²) in [5, 5.41) is 9.34. The Morgan fingerprint density at radius 1 is 0.500 bits per heavy atom. The normalized spacial score (nSPS) is 63.2. The number of ether oxygens (including phenoxy) is 1. The molecule has 12 bridgehead atoms. The van der Waals surface area contributed by atoms with Crippen molar-refractivity contribution in [1.29, 1.82) is 0 Å². The molecule has 0 aromatic carbocycles. The van der Waals surface area contributed by atoms with Crippen molar-refractivity contribution in [1.82, 2.24) is 0 Å². The highest BCUT2D eigenvalue weighted by Gasteiger charge is 2.71. The molecule has 0 spiro atoms. The van der Waals surface area contributed by atoms with Gasteiger partial charge in [0.15, 0.2) is 0 Å². The van der Waals surface area contributed by atoms with Crippen LogP contribution in [0.15, 0.2) is 0 Å². The Morgan fingerprint density at radius 2 is 0.923 bits per heavy atom. The van der Waals surface area contributed by atoms with Crippen molar-refractivity contribution in [3.05, 3.63) is 0 Å². The lowest BCUT2D eigenvalue weighted by Crippen LogP contribution is -2.46. The zero-order valence-corrected chi connectivity index (χ0v) is 34.5. The summed E-state index contributed by atoms with van der Waals surface area (Å²) in [4.78, 5) is 23.6. The third-order valence-electron chi connectivity index (χ3n) is 22.6. The maximum Gasteiger partial charge on any atom is 0.311 e. The minimum atomic E-state index is -0.514. The first-order valence-corrected chi connectivity index (χ1v) is 22.9. The van der Waals surface area contributed by atoms with Crippen LogP contribution in [0.5, 0.6) is 0 Å². The van der Waals surface area contributed by atoms with Gasteiger partial charge in [0, 0.05) is 0 Å². The maximum absolute atomic E-state index is 12.2. The van der Waals surface area contributed by atoms with Gasteiger partial charge in [-0.15, -0.1) is 0 Å². The number of carbonyl (C=O) groups excluding carboxylic acids is 1. The molecule has 12 fully saturated rings. The Kier molecular flexibility index (Phi) is 7.83. The quantitative estimate of drug-likeness (QED) is 0.228. The summed E-state index contributed by atoms with van der Waals surface area (Å²) in [5.41, 5.74) is 0.507. The van der Waals surface area contributed by atoms with Gasteiger partial charge in [-0.1, -0.05) is 55.4 Å². The van der Waals surface area contributed by atoms with Crippen LogP contribution in [0.3, 0.4) is 0 Å². The third-order valence-corrected chi connectivity index (χ3v) is 22.6. The molecule has 0 aromatic heterocycles. The van der Waals surface area contributed by atoms with Crippen LogP contribution in [-0.2, 0) is 14.3 Å². The molecule has 0 aliphatic heterocycles. The summed E-state index contributed by atoms with van der Waals surface area (Å²) >= 11 is 0. The van der Waals surface area contributed by atoms with Gasteiger partial charge in [-0.05, 0) is 212 Å². The lowest BCUT2D eigenvalue weighted by Gasteiger charge is -2.46. The van der Waals surface area contributed by atoms with Crippen LogP contribution in [0.4, 0.5) is 0 Å². The van der Waals surface area contributed by atoms with E-state index in [9.17, 15) is 14.7 Å². The fraction of sp³-hybridized carbons (Fsp3) is 0.958. The highest BCUT2D eigenvalue weighted by molar-refractivity contribution is 5.77. The number of carboxylic acids is 1. The summed E-state index contributed by atoms with van der Waals surface area (Å²) in [6, 6.07) is 0. The first-order chi connectivity index (χ1) is 24.6. The second kappa shape index (κ2) is 11.5. The fourth-order valence-corrected chi connectivity index (χ4v) is 20.4. The highest BCUT2D eigenvalue weighted by atomic mass is 16.5. The molecule has 4 nitrogen and oxygen atoms in total. The molecule has 0 amide bonds. The van der Waals surface area contributed by atoms with Crippen molar-refractivity contribution in [3.63, 3.8) is 0 Å². The van der Waals surface area contributed by atoms with Crippen LogP contribution >= 0.6 is 0 Å². The first kappa shape index (κ1) is 35.4. The van der Waals surface area contributed by atoms with Crippen LogP contribution < -0.4 is 0 Å². The predicted octanol–water partition coefficient (Wildman–Crippen LogP) is 10.4. The Bertz CT molecular complexity index is 1480. The maximum atomic E-state index is 12.2. The molecular formula is C48H74O4. The number of fused-ring (bicyclic) bond motifs is 27. The SMILES string of the molecule is CC1C(C)C2CC1C1C3CC(C(=O)O)C(C3)C21.CC1C(C)C2CC1C1C3CC(C21)C(C)(C)C3.COC(=O)C1(C)CC2CC1C1C3CC(C(C)C3C)C21. The van der Waals surface area contributed by atoms with E-state index >= 15 is 0 Å². The van der Waals surface area contributed by atoms with Crippen LogP contribution in [-0.4, -0.2) is 24.2 Å². The van der Waals surface area contributed by atoms with E-state index in [1.807, 2.05) is 0 Å². The standard InChI is InChI=1S/C17H26O2.C16H26.C15H22O2/c1-8-9(2)12-6-11(8)14-10-5-13(15(12)14)17(3,7-10)16(18)19-4;1-8-9(2)12-6-11(8)14-10-5-13(15(12)14)16(3,4)7-10;1-6-7(2)10-5-9(6)13-8-3-11(14(10)13)12(4-8)15(16)17/h8-15H,5-7H2,1-4H3;8-15H,5-7H2,1-4H3;6-14H,3-5H2,1-2H3,(H,16,17). The Labute approximate surface area is 316 Å². The molecular weight excluding hydrogens is 641 g/mol. The molecule has 0 aromatic rings. The third kappa shape index (κ3) is 4.34. The molecule has 12 saturated carbocycles. The Balaban J connectivity index is 0.0000000979. The molecule has 290 valence electrons. The van der Waals surface area contributed by atoms with Gasteiger partial charge in [-0.25, -0.2) is 0 Å². The predicted molar refractivity (Wildman–Crippen MR) is 204 cm³/mol. The summed E-state index contributed by atoms with van der Waals surface area (Å²) in [6.07, 6.45) is 12.2. The molecule has 12 aliphatic rings. The van der Waals surface area contributed by atoms with E-state index in [1.165, 1.54) is 25.7 Å². The van der Waals surface area contributed by atoms with Crippen molar-refractivity contribution in [2.24, 2.45) is 159 Å². The smallest absolute Gasteiger partial charge is 0.311 e. The average molecular weight is 715 g/mol. The van der Waals surface area contributed by atoms with Gasteiger partial charge in [0.2, 0.25) is 0 Å².